The molecule has 0 spiro atoms. The van der Waals surface area contributed by atoms with Gasteiger partial charge in [-0.1, -0.05) is 12.8 Å². The van der Waals surface area contributed by atoms with E-state index in [-0.39, 0.29) is 11.5 Å². The van der Waals surface area contributed by atoms with Crippen LogP contribution in [0.4, 0.5) is 0 Å². The average molecular weight is 314 g/mol. The number of sulfonamides is 1. The van der Waals surface area contributed by atoms with Crippen molar-refractivity contribution in [1.29, 1.82) is 0 Å². The minimum atomic E-state index is -3.52. The van der Waals surface area contributed by atoms with Crippen LogP contribution in [0.2, 0.25) is 0 Å². The number of aromatic nitrogens is 1. The molecule has 1 aromatic rings. The Bertz CT molecular complexity index is 574. The summed E-state index contributed by atoms with van der Waals surface area (Å²) < 4.78 is 31.2. The first-order valence-corrected chi connectivity index (χ1v) is 8.23. The topological polar surface area (TPSA) is 59.5 Å². The van der Waals surface area contributed by atoms with Crippen LogP contribution in [0.1, 0.15) is 13.8 Å². The van der Waals surface area contributed by atoms with Crippen molar-refractivity contribution in [2.45, 2.75) is 18.7 Å². The molecule has 0 aliphatic carbocycles. The van der Waals surface area contributed by atoms with Crippen molar-refractivity contribution >= 4 is 22.7 Å². The van der Waals surface area contributed by atoms with Gasteiger partial charge in [-0.25, -0.2) is 13.4 Å². The lowest BCUT2D eigenvalue weighted by Gasteiger charge is -2.19. The highest BCUT2D eigenvalue weighted by atomic mass is 32.2. The summed E-state index contributed by atoms with van der Waals surface area (Å²) in [5, 5.41) is 0. The largest absolute Gasteiger partial charge is 0.464 e. The summed E-state index contributed by atoms with van der Waals surface area (Å²) in [6.07, 6.45) is 1.30. The number of rotatable bonds is 7. The Morgan fingerprint density at radius 1 is 1.45 bits per heavy atom. The Labute approximate surface area is 125 Å². The van der Waals surface area contributed by atoms with Crippen LogP contribution in [0.3, 0.4) is 0 Å². The highest BCUT2D eigenvalue weighted by molar-refractivity contribution is 7.89. The lowest BCUT2D eigenvalue weighted by atomic mass is 10.5. The Morgan fingerprint density at radius 2 is 2.20 bits per heavy atom. The summed E-state index contributed by atoms with van der Waals surface area (Å²) >= 11 is 4.07. The summed E-state index contributed by atoms with van der Waals surface area (Å²) in [6.45, 7) is 4.50. The van der Waals surface area contributed by atoms with Crippen LogP contribution in [0.25, 0.3) is 0 Å². The normalized spacial score (nSPS) is 11.0. The number of ether oxygens (including phenoxy) is 1. The van der Waals surface area contributed by atoms with Gasteiger partial charge < -0.3 is 4.74 Å². The van der Waals surface area contributed by atoms with Crippen molar-refractivity contribution in [2.75, 3.05) is 25.4 Å². The molecule has 7 heteroatoms. The van der Waals surface area contributed by atoms with Gasteiger partial charge in [-0.15, -0.1) is 5.92 Å². The Hall–Kier alpha value is -1.23. The number of thiol groups is 1. The van der Waals surface area contributed by atoms with Crippen molar-refractivity contribution in [2.24, 2.45) is 0 Å². The maximum atomic E-state index is 12.3. The second kappa shape index (κ2) is 8.15. The molecule has 0 bridgehead atoms. The Kier molecular flexibility index (Phi) is 6.85. The lowest BCUT2D eigenvalue weighted by molar-refractivity contribution is 0.354. The van der Waals surface area contributed by atoms with Gasteiger partial charge in [0, 0.05) is 24.9 Å². The second-order valence-corrected chi connectivity index (χ2v) is 6.15. The van der Waals surface area contributed by atoms with Crippen LogP contribution in [-0.4, -0.2) is 43.2 Å². The smallest absolute Gasteiger partial charge is 0.244 e. The fourth-order valence-corrected chi connectivity index (χ4v) is 3.27. The van der Waals surface area contributed by atoms with Crippen molar-refractivity contribution in [3.63, 3.8) is 0 Å². The van der Waals surface area contributed by atoms with Gasteiger partial charge in [0.15, 0.2) is 6.61 Å². The summed E-state index contributed by atoms with van der Waals surface area (Å²) in [4.78, 5) is 4.13. The molecule has 0 fully saturated rings. The molecule has 0 aromatic carbocycles. The third-order valence-electron chi connectivity index (χ3n) is 2.52. The van der Waals surface area contributed by atoms with E-state index in [1.54, 1.807) is 13.8 Å². The summed E-state index contributed by atoms with van der Waals surface area (Å²) in [5.74, 6) is 6.26. The van der Waals surface area contributed by atoms with Crippen molar-refractivity contribution < 1.29 is 13.2 Å². The fourth-order valence-electron chi connectivity index (χ4n) is 1.50. The number of hydrogen-bond donors (Lipinski definition) is 1. The van der Waals surface area contributed by atoms with Gasteiger partial charge in [-0.05, 0) is 13.0 Å². The molecular formula is C13H18N2O3S2. The highest BCUT2D eigenvalue weighted by Crippen LogP contribution is 2.17. The predicted molar refractivity (Wildman–Crippen MR) is 81.5 cm³/mol. The van der Waals surface area contributed by atoms with Gasteiger partial charge >= 0.3 is 0 Å². The third kappa shape index (κ3) is 4.40. The van der Waals surface area contributed by atoms with E-state index < -0.39 is 10.0 Å². The van der Waals surface area contributed by atoms with Crippen LogP contribution in [0, 0.1) is 11.8 Å². The molecule has 0 atom stereocenters. The monoisotopic (exact) mass is 314 g/mol. The second-order valence-electron chi connectivity index (χ2n) is 3.77. The van der Waals surface area contributed by atoms with E-state index in [1.165, 1.54) is 22.6 Å². The summed E-state index contributed by atoms with van der Waals surface area (Å²) in [6, 6.07) is 3.01. The van der Waals surface area contributed by atoms with Crippen LogP contribution in [0.15, 0.2) is 23.2 Å². The molecule has 0 amide bonds. The van der Waals surface area contributed by atoms with E-state index in [9.17, 15) is 8.42 Å². The average Bonchev–Trinajstić information content (AvgIpc) is 2.45. The molecule has 1 heterocycles. The first-order chi connectivity index (χ1) is 9.56. The van der Waals surface area contributed by atoms with E-state index in [0.29, 0.717) is 24.7 Å². The zero-order valence-corrected chi connectivity index (χ0v) is 13.2. The first-order valence-electron chi connectivity index (χ1n) is 6.15. The van der Waals surface area contributed by atoms with Crippen LogP contribution < -0.4 is 4.74 Å². The molecule has 0 N–H and O–H groups in total. The molecule has 20 heavy (non-hydrogen) atoms. The molecule has 1 rings (SSSR count). The predicted octanol–water partition coefficient (Wildman–Crippen LogP) is 1.42. The minimum Gasteiger partial charge on any atom is -0.464 e. The molecule has 0 radical (unpaired) electrons. The third-order valence-corrected chi connectivity index (χ3v) is 4.68. The van der Waals surface area contributed by atoms with Gasteiger partial charge in [0.25, 0.3) is 0 Å². The minimum absolute atomic E-state index is 0.148. The molecule has 0 aliphatic heterocycles. The van der Waals surface area contributed by atoms with Crippen molar-refractivity contribution in [3.05, 3.63) is 18.3 Å². The Morgan fingerprint density at radius 3 is 2.70 bits per heavy atom. The molecule has 5 nitrogen and oxygen atoms in total. The number of pyridine rings is 1. The standard InChI is InChI=1S/C13H18N2O3S2/c1-3-5-9-18-13-7-6-12(11-14-13)20(16,17)15(4-2)8-10-19/h6-7,11,19H,4,8-10H2,1-2H3. The molecule has 1 aromatic heterocycles. The fraction of sp³-hybridized carbons (Fsp3) is 0.462. The SMILES string of the molecule is CC#CCOc1ccc(S(=O)(=O)N(CC)CCS)cn1. The molecule has 0 unspecified atom stereocenters. The van der Waals surface area contributed by atoms with Crippen molar-refractivity contribution in [3.8, 4) is 17.7 Å². The molecule has 0 aliphatic rings. The quantitative estimate of drug-likeness (QED) is 0.611. The van der Waals surface area contributed by atoms with Gasteiger partial charge in [0.1, 0.15) is 4.90 Å². The van der Waals surface area contributed by atoms with Gasteiger partial charge in [0.05, 0.1) is 6.20 Å². The van der Waals surface area contributed by atoms with E-state index >= 15 is 0 Å². The maximum absolute atomic E-state index is 12.3. The van der Waals surface area contributed by atoms with E-state index in [0.717, 1.165) is 0 Å². The number of hydrogen-bond acceptors (Lipinski definition) is 5. The molecule has 0 saturated carbocycles. The Balaban J connectivity index is 2.87. The van der Waals surface area contributed by atoms with Gasteiger partial charge in [0.2, 0.25) is 15.9 Å². The molecule has 0 saturated heterocycles. The van der Waals surface area contributed by atoms with Crippen LogP contribution in [0.5, 0.6) is 5.88 Å². The van der Waals surface area contributed by atoms with Gasteiger partial charge in [-0.2, -0.15) is 16.9 Å². The zero-order chi connectivity index (χ0) is 15.0. The van der Waals surface area contributed by atoms with Crippen LogP contribution in [-0.2, 0) is 10.0 Å². The highest BCUT2D eigenvalue weighted by Gasteiger charge is 2.22. The zero-order valence-electron chi connectivity index (χ0n) is 11.5. The first kappa shape index (κ1) is 16.8. The van der Waals surface area contributed by atoms with E-state index in [4.69, 9.17) is 4.74 Å². The van der Waals surface area contributed by atoms with E-state index in [1.807, 2.05) is 0 Å². The van der Waals surface area contributed by atoms with Crippen LogP contribution >= 0.6 is 12.6 Å². The number of nitrogens with zero attached hydrogens (tertiary/aromatic N) is 2. The summed E-state index contributed by atoms with van der Waals surface area (Å²) in [7, 11) is -3.52. The van der Waals surface area contributed by atoms with Crippen molar-refractivity contribution in [1.82, 2.24) is 9.29 Å². The molecule has 110 valence electrons. The van der Waals surface area contributed by atoms with Gasteiger partial charge in [-0.3, -0.25) is 0 Å². The molecular weight excluding hydrogens is 296 g/mol. The maximum Gasteiger partial charge on any atom is 0.244 e. The lowest BCUT2D eigenvalue weighted by Crippen LogP contribution is -2.32. The summed E-state index contributed by atoms with van der Waals surface area (Å²) in [5.41, 5.74) is 0. The van der Waals surface area contributed by atoms with E-state index in [2.05, 4.69) is 29.5 Å².